The van der Waals surface area contributed by atoms with E-state index in [9.17, 15) is 10.1 Å². The van der Waals surface area contributed by atoms with Gasteiger partial charge in [0, 0.05) is 48.9 Å². The van der Waals surface area contributed by atoms with Crippen LogP contribution in [0.2, 0.25) is 0 Å². The number of anilines is 2. The molecule has 0 bridgehead atoms. The van der Waals surface area contributed by atoms with E-state index in [0.29, 0.717) is 44.8 Å². The summed E-state index contributed by atoms with van der Waals surface area (Å²) in [5, 5.41) is 12.1. The van der Waals surface area contributed by atoms with Crippen molar-refractivity contribution in [2.75, 3.05) is 56.2 Å². The fourth-order valence-electron chi connectivity index (χ4n) is 6.82. The molecule has 238 valence electrons. The first kappa shape index (κ1) is 30.9. The second kappa shape index (κ2) is 12.7. The predicted molar refractivity (Wildman–Crippen MR) is 176 cm³/mol. The van der Waals surface area contributed by atoms with Crippen LogP contribution in [0.15, 0.2) is 36.4 Å². The van der Waals surface area contributed by atoms with Crippen LogP contribution in [-0.2, 0) is 17.7 Å². The number of aryl methyl sites for hydroxylation is 1. The van der Waals surface area contributed by atoms with Crippen molar-refractivity contribution in [2.24, 2.45) is 0 Å². The van der Waals surface area contributed by atoms with E-state index in [1.807, 2.05) is 20.8 Å². The number of piperazine rings is 1. The quantitative estimate of drug-likeness (QED) is 0.367. The number of aromatic nitrogens is 2. The maximum Gasteiger partial charge on any atom is 0.410 e. The van der Waals surface area contributed by atoms with Gasteiger partial charge >= 0.3 is 12.1 Å². The molecule has 0 unspecified atom stereocenters. The molecule has 3 aliphatic rings. The summed E-state index contributed by atoms with van der Waals surface area (Å²) >= 11 is 0. The molecule has 45 heavy (non-hydrogen) atoms. The third-order valence-corrected chi connectivity index (χ3v) is 9.19. The Morgan fingerprint density at radius 2 is 1.91 bits per heavy atom. The molecule has 6 rings (SSSR count). The average molecular weight is 612 g/mol. The minimum Gasteiger partial charge on any atom is -0.462 e. The highest BCUT2D eigenvalue weighted by Crippen LogP contribution is 2.35. The van der Waals surface area contributed by atoms with Gasteiger partial charge in [-0.1, -0.05) is 29.8 Å². The van der Waals surface area contributed by atoms with E-state index in [2.05, 4.69) is 71.1 Å². The Balaban J connectivity index is 1.31. The van der Waals surface area contributed by atoms with Crippen LogP contribution in [-0.4, -0.2) is 89.9 Å². The molecule has 3 aromatic rings. The van der Waals surface area contributed by atoms with Crippen molar-refractivity contribution in [2.45, 2.75) is 77.6 Å². The third kappa shape index (κ3) is 6.79. The maximum absolute atomic E-state index is 13.1. The Hall–Kier alpha value is -4.10. The van der Waals surface area contributed by atoms with Gasteiger partial charge in [-0.2, -0.15) is 15.2 Å². The standard InChI is InChI=1S/C35H45N7O3/c1-24-11-12-25-8-6-10-31(29(25)20-24)40-17-14-28-30(22-40)37-33(44-23-27-9-7-16-39(27)5)38-32(28)41-18-19-42(26(21-41)13-15-36)34(43)45-35(2,3)4/h6,8,10-12,20,26-27H,7,9,13-14,16-19,21-23H2,1-5H3/t26-,27-/m0/s1. The number of nitriles is 1. The molecule has 2 fully saturated rings. The predicted octanol–water partition coefficient (Wildman–Crippen LogP) is 5.31. The first-order valence-electron chi connectivity index (χ1n) is 16.2. The van der Waals surface area contributed by atoms with Crippen LogP contribution in [0.5, 0.6) is 6.01 Å². The summed E-state index contributed by atoms with van der Waals surface area (Å²) in [6.07, 6.45) is 2.90. The van der Waals surface area contributed by atoms with E-state index in [-0.39, 0.29) is 18.6 Å². The van der Waals surface area contributed by atoms with Crippen LogP contribution in [0.1, 0.15) is 56.9 Å². The Kier molecular flexibility index (Phi) is 8.74. The van der Waals surface area contributed by atoms with E-state index in [0.717, 1.165) is 43.0 Å². The van der Waals surface area contributed by atoms with Crippen molar-refractivity contribution >= 4 is 28.4 Å². The molecule has 1 aromatic heterocycles. The number of nitrogens with zero attached hydrogens (tertiary/aromatic N) is 7. The molecule has 4 heterocycles. The fourth-order valence-corrected chi connectivity index (χ4v) is 6.82. The van der Waals surface area contributed by atoms with Crippen molar-refractivity contribution in [3.05, 3.63) is 53.2 Å². The topological polar surface area (TPSA) is 98.1 Å². The average Bonchev–Trinajstić information content (AvgIpc) is 3.42. The van der Waals surface area contributed by atoms with Crippen molar-refractivity contribution < 1.29 is 14.3 Å². The molecule has 0 saturated carbocycles. The van der Waals surface area contributed by atoms with E-state index < -0.39 is 5.60 Å². The first-order chi connectivity index (χ1) is 21.6. The Labute approximate surface area is 266 Å². The zero-order chi connectivity index (χ0) is 31.7. The number of amides is 1. The third-order valence-electron chi connectivity index (χ3n) is 9.19. The zero-order valence-corrected chi connectivity index (χ0v) is 27.3. The monoisotopic (exact) mass is 611 g/mol. The summed E-state index contributed by atoms with van der Waals surface area (Å²) in [5.74, 6) is 0.856. The Bertz CT molecular complexity index is 1600. The molecular formula is C35H45N7O3. The number of carbonyl (C=O) groups excluding carboxylic acids is 1. The molecule has 1 amide bonds. The molecular weight excluding hydrogens is 566 g/mol. The molecule has 10 heteroatoms. The Morgan fingerprint density at radius 1 is 1.07 bits per heavy atom. The van der Waals surface area contributed by atoms with Crippen molar-refractivity contribution in [1.82, 2.24) is 19.8 Å². The lowest BCUT2D eigenvalue weighted by Gasteiger charge is -2.42. The number of hydrogen-bond donors (Lipinski definition) is 0. The van der Waals surface area contributed by atoms with Crippen LogP contribution in [0.4, 0.5) is 16.3 Å². The molecule has 0 radical (unpaired) electrons. The van der Waals surface area contributed by atoms with Gasteiger partial charge in [-0.15, -0.1) is 0 Å². The highest BCUT2D eigenvalue weighted by Gasteiger charge is 2.36. The molecule has 0 aliphatic carbocycles. The lowest BCUT2D eigenvalue weighted by Crippen LogP contribution is -2.56. The van der Waals surface area contributed by atoms with Crippen molar-refractivity contribution in [3.63, 3.8) is 0 Å². The van der Waals surface area contributed by atoms with E-state index in [1.165, 1.54) is 28.4 Å². The highest BCUT2D eigenvalue weighted by molar-refractivity contribution is 5.95. The number of likely N-dealkylation sites (N-methyl/N-ethyl adjacent to an activating group) is 1. The molecule has 10 nitrogen and oxygen atoms in total. The van der Waals surface area contributed by atoms with Crippen molar-refractivity contribution in [3.8, 4) is 12.1 Å². The fraction of sp³-hybridized carbons (Fsp3) is 0.543. The summed E-state index contributed by atoms with van der Waals surface area (Å²) in [6, 6.07) is 15.8. The van der Waals surface area contributed by atoms with Gasteiger partial charge < -0.3 is 29.1 Å². The smallest absolute Gasteiger partial charge is 0.410 e. The Morgan fingerprint density at radius 3 is 2.67 bits per heavy atom. The van der Waals surface area contributed by atoms with Gasteiger partial charge in [-0.3, -0.25) is 0 Å². The van der Waals surface area contributed by atoms with E-state index in [1.54, 1.807) is 4.90 Å². The zero-order valence-electron chi connectivity index (χ0n) is 27.3. The van der Waals surface area contributed by atoms with Gasteiger partial charge in [0.05, 0.1) is 30.8 Å². The normalized spacial score (nSPS) is 20.7. The number of rotatable bonds is 6. The van der Waals surface area contributed by atoms with Crippen LogP contribution < -0.4 is 14.5 Å². The summed E-state index contributed by atoms with van der Waals surface area (Å²) in [7, 11) is 2.14. The SMILES string of the molecule is Cc1ccc2cccc(N3CCc4c(nc(OC[C@@H]5CCCN5C)nc4N4CCN(C(=O)OC(C)(C)C)[C@@H](CC#N)C4)C3)c2c1. The van der Waals surface area contributed by atoms with Gasteiger partial charge in [0.2, 0.25) is 0 Å². The molecule has 3 aliphatic heterocycles. The number of likely N-dealkylation sites (tertiary alicyclic amines) is 1. The first-order valence-corrected chi connectivity index (χ1v) is 16.2. The van der Waals surface area contributed by atoms with Crippen LogP contribution >= 0.6 is 0 Å². The molecule has 0 N–H and O–H groups in total. The van der Waals surface area contributed by atoms with Gasteiger partial charge in [-0.05, 0) is 78.1 Å². The highest BCUT2D eigenvalue weighted by atomic mass is 16.6. The minimum atomic E-state index is -0.606. The second-order valence-electron chi connectivity index (χ2n) is 13.7. The van der Waals surface area contributed by atoms with E-state index >= 15 is 0 Å². The second-order valence-corrected chi connectivity index (χ2v) is 13.7. The van der Waals surface area contributed by atoms with Gasteiger partial charge in [-0.25, -0.2) is 4.79 Å². The van der Waals surface area contributed by atoms with Crippen LogP contribution in [0.3, 0.4) is 0 Å². The lowest BCUT2D eigenvalue weighted by molar-refractivity contribution is 0.0144. The summed E-state index contributed by atoms with van der Waals surface area (Å²) in [6.45, 7) is 12.4. The summed E-state index contributed by atoms with van der Waals surface area (Å²) in [4.78, 5) is 31.8. The van der Waals surface area contributed by atoms with Crippen LogP contribution in [0.25, 0.3) is 10.8 Å². The van der Waals surface area contributed by atoms with Gasteiger partial charge in [0.25, 0.3) is 0 Å². The summed E-state index contributed by atoms with van der Waals surface area (Å²) < 4.78 is 12.0. The van der Waals surface area contributed by atoms with Gasteiger partial charge in [0.15, 0.2) is 0 Å². The van der Waals surface area contributed by atoms with E-state index in [4.69, 9.17) is 19.4 Å². The van der Waals surface area contributed by atoms with Crippen molar-refractivity contribution in [1.29, 1.82) is 5.26 Å². The minimum absolute atomic E-state index is 0.217. The lowest BCUT2D eigenvalue weighted by atomic mass is 10.0. The maximum atomic E-state index is 13.1. The number of fused-ring (bicyclic) bond motifs is 2. The number of hydrogen-bond acceptors (Lipinski definition) is 9. The molecule has 2 saturated heterocycles. The molecule has 0 spiro atoms. The largest absolute Gasteiger partial charge is 0.462 e. The number of benzene rings is 2. The number of ether oxygens (including phenoxy) is 2. The molecule has 2 atom stereocenters. The van der Waals surface area contributed by atoms with Gasteiger partial charge in [0.1, 0.15) is 18.0 Å². The number of carbonyl (C=O) groups is 1. The summed E-state index contributed by atoms with van der Waals surface area (Å²) in [5.41, 5.74) is 3.93. The molecule has 2 aromatic carbocycles. The van der Waals surface area contributed by atoms with Crippen LogP contribution in [0, 0.1) is 18.3 Å².